The van der Waals surface area contributed by atoms with Crippen LogP contribution in [0.5, 0.6) is 5.75 Å². The molecular formula is C15H13BrO3. The van der Waals surface area contributed by atoms with Gasteiger partial charge in [-0.05, 0) is 45.4 Å². The fourth-order valence-electron chi connectivity index (χ4n) is 2.54. The van der Waals surface area contributed by atoms with Crippen LogP contribution in [0.25, 0.3) is 10.8 Å². The van der Waals surface area contributed by atoms with Crippen LogP contribution in [0, 0.1) is 0 Å². The lowest BCUT2D eigenvalue weighted by Crippen LogP contribution is -2.00. The number of hydrogen-bond donors (Lipinski definition) is 0. The van der Waals surface area contributed by atoms with Gasteiger partial charge < -0.3 is 9.47 Å². The van der Waals surface area contributed by atoms with Crippen molar-refractivity contribution in [1.82, 2.24) is 0 Å². The monoisotopic (exact) mass is 320 g/mol. The number of ether oxygens (including phenoxy) is 2. The molecule has 1 aliphatic rings. The average molecular weight is 321 g/mol. The number of Topliss-reactive ketones (excluding diaryl/α,β-unsaturated/α-hetero) is 1. The number of benzene rings is 2. The zero-order valence-electron chi connectivity index (χ0n) is 10.5. The van der Waals surface area contributed by atoms with Gasteiger partial charge in [0, 0.05) is 29.0 Å². The maximum Gasteiger partial charge on any atom is 0.188 e. The Bertz CT molecular complexity index is 664. The Hall–Kier alpha value is -1.39. The van der Waals surface area contributed by atoms with Crippen LogP contribution in [0.15, 0.2) is 28.7 Å². The van der Waals surface area contributed by atoms with E-state index in [0.717, 1.165) is 38.5 Å². The van der Waals surface area contributed by atoms with Crippen molar-refractivity contribution in [3.63, 3.8) is 0 Å². The second kappa shape index (κ2) is 4.94. The number of carbonyl (C=O) groups is 1. The van der Waals surface area contributed by atoms with Gasteiger partial charge in [0.15, 0.2) is 12.6 Å². The fraction of sp³-hybridized carbons (Fsp3) is 0.267. The van der Waals surface area contributed by atoms with Crippen molar-refractivity contribution in [2.75, 3.05) is 13.9 Å². The minimum atomic E-state index is 0.210. The van der Waals surface area contributed by atoms with E-state index in [0.29, 0.717) is 6.42 Å². The molecule has 3 nitrogen and oxygen atoms in total. The molecule has 98 valence electrons. The van der Waals surface area contributed by atoms with Crippen LogP contribution >= 0.6 is 15.9 Å². The Morgan fingerprint density at radius 1 is 1.26 bits per heavy atom. The Labute approximate surface area is 119 Å². The molecule has 0 heterocycles. The highest BCUT2D eigenvalue weighted by Gasteiger charge is 2.23. The highest BCUT2D eigenvalue weighted by Crippen LogP contribution is 2.37. The van der Waals surface area contributed by atoms with E-state index in [4.69, 9.17) is 9.47 Å². The number of rotatable bonds is 3. The number of carbonyl (C=O) groups excluding carboxylic acids is 1. The summed E-state index contributed by atoms with van der Waals surface area (Å²) < 4.78 is 11.2. The van der Waals surface area contributed by atoms with Crippen LogP contribution in [0.4, 0.5) is 0 Å². The van der Waals surface area contributed by atoms with Crippen LogP contribution in [0.2, 0.25) is 0 Å². The van der Waals surface area contributed by atoms with Crippen LogP contribution in [0.3, 0.4) is 0 Å². The molecular weight excluding hydrogens is 308 g/mol. The van der Waals surface area contributed by atoms with Gasteiger partial charge in [0.25, 0.3) is 0 Å². The van der Waals surface area contributed by atoms with Crippen LogP contribution in [0.1, 0.15) is 22.3 Å². The Morgan fingerprint density at radius 3 is 2.89 bits per heavy atom. The van der Waals surface area contributed by atoms with Gasteiger partial charge in [-0.25, -0.2) is 0 Å². The number of fused-ring (bicyclic) bond motifs is 3. The van der Waals surface area contributed by atoms with Crippen LogP contribution in [-0.2, 0) is 11.2 Å². The summed E-state index contributed by atoms with van der Waals surface area (Å²) >= 11 is 3.55. The first kappa shape index (κ1) is 12.6. The Morgan fingerprint density at radius 2 is 2.11 bits per heavy atom. The van der Waals surface area contributed by atoms with Crippen molar-refractivity contribution in [3.05, 3.63) is 39.9 Å². The van der Waals surface area contributed by atoms with Crippen molar-refractivity contribution in [2.24, 2.45) is 0 Å². The lowest BCUT2D eigenvalue weighted by molar-refractivity contribution is 0.0512. The molecule has 2 aromatic rings. The second-order valence-corrected chi connectivity index (χ2v) is 5.43. The third-order valence-corrected chi connectivity index (χ3v) is 4.00. The molecule has 0 unspecified atom stereocenters. The van der Waals surface area contributed by atoms with Gasteiger partial charge in [-0.1, -0.05) is 12.1 Å². The van der Waals surface area contributed by atoms with Crippen LogP contribution < -0.4 is 4.74 Å². The first-order valence-corrected chi connectivity index (χ1v) is 6.90. The quantitative estimate of drug-likeness (QED) is 0.809. The van der Waals surface area contributed by atoms with E-state index in [1.54, 1.807) is 7.11 Å². The van der Waals surface area contributed by atoms with E-state index in [1.165, 1.54) is 0 Å². The zero-order chi connectivity index (χ0) is 13.4. The second-order valence-electron chi connectivity index (χ2n) is 4.58. The zero-order valence-corrected chi connectivity index (χ0v) is 12.1. The first-order chi connectivity index (χ1) is 9.20. The van der Waals surface area contributed by atoms with Crippen molar-refractivity contribution in [1.29, 1.82) is 0 Å². The van der Waals surface area contributed by atoms with E-state index in [2.05, 4.69) is 15.9 Å². The minimum absolute atomic E-state index is 0.210. The molecule has 0 amide bonds. The molecule has 19 heavy (non-hydrogen) atoms. The minimum Gasteiger partial charge on any atom is -0.468 e. The predicted octanol–water partition coefficient (Wildman–Crippen LogP) is 3.71. The summed E-state index contributed by atoms with van der Waals surface area (Å²) in [7, 11) is 1.58. The lowest BCUT2D eigenvalue weighted by Gasteiger charge is -2.10. The van der Waals surface area contributed by atoms with Crippen molar-refractivity contribution in [2.45, 2.75) is 12.8 Å². The van der Waals surface area contributed by atoms with Gasteiger partial charge in [-0.2, -0.15) is 0 Å². The summed E-state index contributed by atoms with van der Waals surface area (Å²) in [4.78, 5) is 12.0. The summed E-state index contributed by atoms with van der Waals surface area (Å²) in [5.41, 5.74) is 2.01. The van der Waals surface area contributed by atoms with Gasteiger partial charge in [-0.3, -0.25) is 4.79 Å². The average Bonchev–Trinajstić information content (AvgIpc) is 2.78. The normalized spacial score (nSPS) is 13.9. The van der Waals surface area contributed by atoms with Gasteiger partial charge in [0.2, 0.25) is 0 Å². The smallest absolute Gasteiger partial charge is 0.188 e. The molecule has 0 atom stereocenters. The molecule has 2 aromatic carbocycles. The topological polar surface area (TPSA) is 35.5 Å². The van der Waals surface area contributed by atoms with Gasteiger partial charge in [-0.15, -0.1) is 0 Å². The summed E-state index contributed by atoms with van der Waals surface area (Å²) in [6.07, 6.45) is 1.46. The maximum absolute atomic E-state index is 12.0. The SMILES string of the molecule is COCOc1cc(Br)c2c3c(ccc2c1)CCC3=O. The molecule has 1 aliphatic carbocycles. The number of aryl methyl sites for hydroxylation is 1. The molecule has 0 saturated heterocycles. The van der Waals surface area contributed by atoms with Crippen molar-refractivity contribution in [3.8, 4) is 5.75 Å². The maximum atomic E-state index is 12.0. The number of ketones is 1. The molecule has 0 N–H and O–H groups in total. The summed E-state index contributed by atoms with van der Waals surface area (Å²) in [6.45, 7) is 0.210. The first-order valence-electron chi connectivity index (χ1n) is 6.11. The largest absolute Gasteiger partial charge is 0.468 e. The third kappa shape index (κ3) is 2.15. The summed E-state index contributed by atoms with van der Waals surface area (Å²) in [5.74, 6) is 0.957. The lowest BCUT2D eigenvalue weighted by atomic mass is 10.0. The molecule has 0 aliphatic heterocycles. The number of methoxy groups -OCH3 is 1. The molecule has 0 spiro atoms. The van der Waals surface area contributed by atoms with Crippen LogP contribution in [-0.4, -0.2) is 19.7 Å². The van der Waals surface area contributed by atoms with Gasteiger partial charge in [0.1, 0.15) is 5.75 Å². The van der Waals surface area contributed by atoms with Crippen molar-refractivity contribution >= 4 is 32.5 Å². The fourth-order valence-corrected chi connectivity index (χ4v) is 3.19. The third-order valence-electron chi connectivity index (χ3n) is 3.37. The van der Waals surface area contributed by atoms with Gasteiger partial charge >= 0.3 is 0 Å². The molecule has 4 heteroatoms. The number of hydrogen-bond acceptors (Lipinski definition) is 3. The highest BCUT2D eigenvalue weighted by atomic mass is 79.9. The van der Waals surface area contributed by atoms with Crippen molar-refractivity contribution < 1.29 is 14.3 Å². The molecule has 0 saturated carbocycles. The highest BCUT2D eigenvalue weighted by molar-refractivity contribution is 9.10. The molecule has 0 aromatic heterocycles. The van der Waals surface area contributed by atoms with E-state index in [1.807, 2.05) is 24.3 Å². The van der Waals surface area contributed by atoms with E-state index in [9.17, 15) is 4.79 Å². The van der Waals surface area contributed by atoms with Gasteiger partial charge in [0.05, 0.1) is 0 Å². The number of halogens is 1. The predicted molar refractivity (Wildman–Crippen MR) is 76.8 cm³/mol. The molecule has 0 radical (unpaired) electrons. The van der Waals surface area contributed by atoms with E-state index in [-0.39, 0.29) is 12.6 Å². The van der Waals surface area contributed by atoms with E-state index < -0.39 is 0 Å². The molecule has 0 bridgehead atoms. The molecule has 3 rings (SSSR count). The van der Waals surface area contributed by atoms with E-state index >= 15 is 0 Å². The Balaban J connectivity index is 2.18. The molecule has 0 fully saturated rings. The standard InChI is InChI=1S/C15H13BrO3/c1-18-8-19-11-6-10-3-2-9-4-5-13(17)15(9)14(10)12(16)7-11/h2-3,6-7H,4-5,8H2,1H3. The summed E-state index contributed by atoms with van der Waals surface area (Å²) in [5, 5.41) is 2.00. The Kier molecular flexibility index (Phi) is 3.29. The summed E-state index contributed by atoms with van der Waals surface area (Å²) in [6, 6.07) is 7.89.